The van der Waals surface area contributed by atoms with Crippen LogP contribution in [0.1, 0.15) is 19.8 Å². The Morgan fingerprint density at radius 3 is 2.90 bits per heavy atom. The first kappa shape index (κ1) is 24.2. The number of rotatable bonds is 9. The highest BCUT2D eigenvalue weighted by molar-refractivity contribution is 14.0. The van der Waals surface area contributed by atoms with Gasteiger partial charge in [0.05, 0.1) is 5.69 Å². The van der Waals surface area contributed by atoms with Crippen LogP contribution in [0.25, 0.3) is 0 Å². The minimum atomic E-state index is -2.83. The lowest BCUT2D eigenvalue weighted by Crippen LogP contribution is -2.44. The van der Waals surface area contributed by atoms with Gasteiger partial charge in [0, 0.05) is 51.2 Å². The van der Waals surface area contributed by atoms with Crippen LogP contribution in [0, 0.1) is 0 Å². The summed E-state index contributed by atoms with van der Waals surface area (Å²) in [5.41, 5.74) is 0.693. The average molecular weight is 534 g/mol. The number of hydrogen-bond acceptors (Lipinski definition) is 4. The van der Waals surface area contributed by atoms with Crippen LogP contribution < -0.4 is 20.3 Å². The van der Waals surface area contributed by atoms with Crippen LogP contribution in [0.4, 0.5) is 14.5 Å². The van der Waals surface area contributed by atoms with Gasteiger partial charge >= 0.3 is 6.61 Å². The molecule has 1 aromatic heterocycles. The summed E-state index contributed by atoms with van der Waals surface area (Å²) < 4.78 is 31.9. The second kappa shape index (κ2) is 12.6. The molecule has 30 heavy (non-hydrogen) atoms. The van der Waals surface area contributed by atoms with Gasteiger partial charge in [0.2, 0.25) is 0 Å². The molecule has 2 aromatic rings. The number of nitrogens with one attached hydrogen (secondary N) is 2. The van der Waals surface area contributed by atoms with Crippen LogP contribution in [-0.4, -0.2) is 54.6 Å². The number of ether oxygens (including phenoxy) is 1. The van der Waals surface area contributed by atoms with E-state index in [0.717, 1.165) is 38.4 Å². The standard InChI is InChI=1S/C20H28F2N6O.HI/c1-2-23-20(24-10-5-12-28-13-6-11-25-28)26-16-9-14-27(15-16)17-7-3-4-8-18(17)29-19(21)22;/h3-4,6-8,11,13,16,19H,2,5,9-10,12,14-15H2,1H3,(H2,23,24,26);1H. The van der Waals surface area contributed by atoms with E-state index >= 15 is 0 Å². The van der Waals surface area contributed by atoms with Crippen molar-refractivity contribution in [3.8, 4) is 5.75 Å². The van der Waals surface area contributed by atoms with E-state index in [4.69, 9.17) is 0 Å². The van der Waals surface area contributed by atoms with Crippen molar-refractivity contribution in [2.45, 2.75) is 39.0 Å². The lowest BCUT2D eigenvalue weighted by atomic mass is 10.2. The first-order valence-corrected chi connectivity index (χ1v) is 9.96. The van der Waals surface area contributed by atoms with Gasteiger partial charge in [-0.15, -0.1) is 24.0 Å². The first-order chi connectivity index (χ1) is 14.2. The summed E-state index contributed by atoms with van der Waals surface area (Å²) in [5, 5.41) is 10.9. The number of hydrogen-bond donors (Lipinski definition) is 2. The van der Waals surface area contributed by atoms with Crippen molar-refractivity contribution in [3.63, 3.8) is 0 Å². The third kappa shape index (κ3) is 7.29. The van der Waals surface area contributed by atoms with Crippen molar-refractivity contribution >= 4 is 35.6 Å². The smallest absolute Gasteiger partial charge is 0.387 e. The molecule has 1 aliphatic heterocycles. The summed E-state index contributed by atoms with van der Waals surface area (Å²) in [7, 11) is 0. The molecule has 7 nitrogen and oxygen atoms in total. The Balaban J connectivity index is 0.00000320. The fourth-order valence-electron chi connectivity index (χ4n) is 3.38. The van der Waals surface area contributed by atoms with Crippen molar-refractivity contribution in [2.24, 2.45) is 4.99 Å². The molecule has 2 heterocycles. The van der Waals surface area contributed by atoms with Crippen molar-refractivity contribution in [1.29, 1.82) is 0 Å². The van der Waals surface area contributed by atoms with E-state index in [2.05, 4.69) is 30.4 Å². The van der Waals surface area contributed by atoms with E-state index in [1.54, 1.807) is 18.3 Å². The lowest BCUT2D eigenvalue weighted by molar-refractivity contribution is -0.0495. The highest BCUT2D eigenvalue weighted by atomic mass is 127. The number of para-hydroxylation sites is 2. The van der Waals surface area contributed by atoms with Crippen LogP contribution in [0.2, 0.25) is 0 Å². The third-order valence-electron chi connectivity index (χ3n) is 4.67. The van der Waals surface area contributed by atoms with E-state index < -0.39 is 6.61 Å². The van der Waals surface area contributed by atoms with Gasteiger partial charge < -0.3 is 20.3 Å². The largest absolute Gasteiger partial charge is 0.433 e. The Morgan fingerprint density at radius 2 is 2.17 bits per heavy atom. The number of alkyl halides is 2. The van der Waals surface area contributed by atoms with E-state index in [9.17, 15) is 8.78 Å². The topological polar surface area (TPSA) is 66.7 Å². The van der Waals surface area contributed by atoms with Gasteiger partial charge in [0.25, 0.3) is 0 Å². The number of benzene rings is 1. The Morgan fingerprint density at radius 1 is 1.33 bits per heavy atom. The van der Waals surface area contributed by atoms with Gasteiger partial charge in [-0.1, -0.05) is 12.1 Å². The van der Waals surface area contributed by atoms with Crippen LogP contribution in [-0.2, 0) is 6.54 Å². The van der Waals surface area contributed by atoms with Crippen LogP contribution in [0.5, 0.6) is 5.75 Å². The highest BCUT2D eigenvalue weighted by Crippen LogP contribution is 2.31. The van der Waals surface area contributed by atoms with Crippen LogP contribution >= 0.6 is 24.0 Å². The van der Waals surface area contributed by atoms with Crippen molar-refractivity contribution in [3.05, 3.63) is 42.7 Å². The monoisotopic (exact) mass is 534 g/mol. The van der Waals surface area contributed by atoms with Gasteiger partial charge in [0.1, 0.15) is 5.75 Å². The summed E-state index contributed by atoms with van der Waals surface area (Å²) >= 11 is 0. The lowest BCUT2D eigenvalue weighted by Gasteiger charge is -2.22. The predicted molar refractivity (Wildman–Crippen MR) is 125 cm³/mol. The van der Waals surface area contributed by atoms with Gasteiger partial charge in [-0.3, -0.25) is 9.67 Å². The Bertz CT molecular complexity index is 774. The summed E-state index contributed by atoms with van der Waals surface area (Å²) in [5.74, 6) is 0.985. The molecule has 1 atom stereocenters. The normalized spacial score (nSPS) is 16.5. The molecule has 0 spiro atoms. The van der Waals surface area contributed by atoms with E-state index in [-0.39, 0.29) is 35.8 Å². The minimum Gasteiger partial charge on any atom is -0.433 e. The molecule has 0 aliphatic carbocycles. The Kier molecular flexibility index (Phi) is 10.1. The Hall–Kier alpha value is -2.11. The van der Waals surface area contributed by atoms with E-state index in [0.29, 0.717) is 18.8 Å². The molecule has 1 saturated heterocycles. The average Bonchev–Trinajstić information content (AvgIpc) is 3.37. The zero-order chi connectivity index (χ0) is 20.5. The summed E-state index contributed by atoms with van der Waals surface area (Å²) in [6.07, 6.45) is 5.50. The molecule has 166 valence electrons. The molecule has 1 aromatic carbocycles. The third-order valence-corrected chi connectivity index (χ3v) is 4.67. The number of nitrogens with zero attached hydrogens (tertiary/aromatic N) is 4. The number of halogens is 3. The zero-order valence-corrected chi connectivity index (χ0v) is 19.3. The molecule has 1 unspecified atom stereocenters. The van der Waals surface area contributed by atoms with E-state index in [1.807, 2.05) is 36.0 Å². The Labute approximate surface area is 192 Å². The van der Waals surface area contributed by atoms with Crippen molar-refractivity contribution in [1.82, 2.24) is 20.4 Å². The second-order valence-corrected chi connectivity index (χ2v) is 6.81. The molecule has 3 rings (SSSR count). The molecule has 1 aliphatic rings. The minimum absolute atomic E-state index is 0. The molecule has 2 N–H and O–H groups in total. The summed E-state index contributed by atoms with van der Waals surface area (Å²) in [6.45, 7) is 2.94. The maximum Gasteiger partial charge on any atom is 0.387 e. The SMILES string of the molecule is CCNC(=NCCCn1cccn1)NC1CCN(c2ccccc2OC(F)F)C1.I. The number of guanidine groups is 1. The van der Waals surface area contributed by atoms with Crippen molar-refractivity contribution in [2.75, 3.05) is 31.1 Å². The number of aromatic nitrogens is 2. The maximum absolute atomic E-state index is 12.7. The number of aliphatic imine (C=N–C) groups is 1. The van der Waals surface area contributed by atoms with Gasteiger partial charge in [-0.2, -0.15) is 13.9 Å². The fourth-order valence-corrected chi connectivity index (χ4v) is 3.38. The molecule has 1 fully saturated rings. The molecule has 0 radical (unpaired) electrons. The van der Waals surface area contributed by atoms with Gasteiger partial charge in [-0.25, -0.2) is 0 Å². The first-order valence-electron chi connectivity index (χ1n) is 9.96. The predicted octanol–water partition coefficient (Wildman–Crippen LogP) is 3.33. The highest BCUT2D eigenvalue weighted by Gasteiger charge is 2.26. The molecule has 0 amide bonds. The van der Waals surface area contributed by atoms with Gasteiger partial charge in [-0.05, 0) is 38.0 Å². The summed E-state index contributed by atoms with van der Waals surface area (Å²) in [4.78, 5) is 6.71. The molecular weight excluding hydrogens is 505 g/mol. The van der Waals surface area contributed by atoms with Crippen LogP contribution in [0.15, 0.2) is 47.7 Å². The molecular formula is C20H29F2IN6O. The summed E-state index contributed by atoms with van der Waals surface area (Å²) in [6, 6.07) is 9.01. The zero-order valence-electron chi connectivity index (χ0n) is 17.0. The number of anilines is 1. The van der Waals surface area contributed by atoms with Crippen LogP contribution in [0.3, 0.4) is 0 Å². The number of aryl methyl sites for hydroxylation is 1. The molecule has 0 bridgehead atoms. The molecule has 10 heteroatoms. The molecule has 0 saturated carbocycles. The van der Waals surface area contributed by atoms with Gasteiger partial charge in [0.15, 0.2) is 5.96 Å². The quantitative estimate of drug-likeness (QED) is 0.224. The van der Waals surface area contributed by atoms with Crippen molar-refractivity contribution < 1.29 is 13.5 Å². The second-order valence-electron chi connectivity index (χ2n) is 6.81. The van der Waals surface area contributed by atoms with E-state index in [1.165, 1.54) is 0 Å². The maximum atomic E-state index is 12.7. The fraction of sp³-hybridized carbons (Fsp3) is 0.500.